The van der Waals surface area contributed by atoms with E-state index in [9.17, 15) is 4.79 Å². The fraction of sp³-hybridized carbons (Fsp3) is 0.533. The van der Waals surface area contributed by atoms with Crippen molar-refractivity contribution in [3.63, 3.8) is 0 Å². The summed E-state index contributed by atoms with van der Waals surface area (Å²) in [5.74, 6) is 0.0412. The molecular weight excluding hydrogens is 240 g/mol. The molecule has 0 spiro atoms. The molecule has 106 valence electrons. The van der Waals surface area contributed by atoms with Gasteiger partial charge >= 0.3 is 6.03 Å². The molecule has 0 aliphatic heterocycles. The maximum absolute atomic E-state index is 11.9. The first-order valence-corrected chi connectivity index (χ1v) is 6.69. The summed E-state index contributed by atoms with van der Waals surface area (Å²) in [5.41, 5.74) is 2.27. The normalized spacial score (nSPS) is 15.4. The van der Waals surface area contributed by atoms with Crippen molar-refractivity contribution >= 4 is 6.03 Å². The van der Waals surface area contributed by atoms with Crippen molar-refractivity contribution in [2.75, 3.05) is 6.61 Å². The van der Waals surface area contributed by atoms with Crippen molar-refractivity contribution < 1.29 is 9.90 Å². The zero-order valence-electron chi connectivity index (χ0n) is 12.1. The van der Waals surface area contributed by atoms with Crippen molar-refractivity contribution in [3.8, 4) is 0 Å². The molecule has 3 N–H and O–H groups in total. The van der Waals surface area contributed by atoms with Crippen LogP contribution in [0.15, 0.2) is 24.3 Å². The minimum Gasteiger partial charge on any atom is -0.396 e. The first kappa shape index (κ1) is 15.5. The van der Waals surface area contributed by atoms with Gasteiger partial charge in [-0.1, -0.05) is 31.2 Å². The summed E-state index contributed by atoms with van der Waals surface area (Å²) in [5, 5.41) is 14.8. The number of nitrogens with one attached hydrogen (secondary N) is 2. The SMILES string of the molecule is Cc1ccccc1C(C)NC(=O)NC(C)C(C)CO. The van der Waals surface area contributed by atoms with Gasteiger partial charge in [0.15, 0.2) is 0 Å². The van der Waals surface area contributed by atoms with Crippen molar-refractivity contribution in [2.24, 2.45) is 5.92 Å². The number of amides is 2. The summed E-state index contributed by atoms with van der Waals surface area (Å²) in [6.07, 6.45) is 0. The molecule has 1 rings (SSSR count). The van der Waals surface area contributed by atoms with Crippen molar-refractivity contribution in [2.45, 2.75) is 39.8 Å². The fourth-order valence-corrected chi connectivity index (χ4v) is 1.90. The zero-order chi connectivity index (χ0) is 14.4. The van der Waals surface area contributed by atoms with Gasteiger partial charge in [0.1, 0.15) is 0 Å². The Labute approximate surface area is 115 Å². The minimum absolute atomic E-state index is 0.0412. The topological polar surface area (TPSA) is 61.4 Å². The third-order valence-corrected chi connectivity index (χ3v) is 3.50. The third-order valence-electron chi connectivity index (χ3n) is 3.50. The van der Waals surface area contributed by atoms with E-state index in [1.807, 2.05) is 52.0 Å². The Kier molecular flexibility index (Phi) is 5.83. The van der Waals surface area contributed by atoms with E-state index in [-0.39, 0.29) is 30.6 Å². The minimum atomic E-state index is -0.205. The molecule has 0 aliphatic rings. The van der Waals surface area contributed by atoms with Crippen LogP contribution in [0.25, 0.3) is 0 Å². The molecule has 0 saturated carbocycles. The Morgan fingerprint density at radius 3 is 2.42 bits per heavy atom. The molecular formula is C15H24N2O2. The van der Waals surface area contributed by atoms with E-state index in [0.717, 1.165) is 11.1 Å². The quantitative estimate of drug-likeness (QED) is 0.764. The highest BCUT2D eigenvalue weighted by molar-refractivity contribution is 5.74. The van der Waals surface area contributed by atoms with Crippen LogP contribution in [0.2, 0.25) is 0 Å². The van der Waals surface area contributed by atoms with E-state index >= 15 is 0 Å². The van der Waals surface area contributed by atoms with Crippen LogP contribution in [-0.4, -0.2) is 23.8 Å². The predicted octanol–water partition coefficient (Wildman–Crippen LogP) is 2.37. The van der Waals surface area contributed by atoms with Crippen LogP contribution in [0.4, 0.5) is 4.79 Å². The second kappa shape index (κ2) is 7.14. The molecule has 0 saturated heterocycles. The Bertz CT molecular complexity index is 420. The van der Waals surface area contributed by atoms with Gasteiger partial charge in [0.25, 0.3) is 0 Å². The van der Waals surface area contributed by atoms with E-state index in [2.05, 4.69) is 10.6 Å². The molecule has 4 nitrogen and oxygen atoms in total. The van der Waals surface area contributed by atoms with Gasteiger partial charge in [-0.2, -0.15) is 0 Å². The van der Waals surface area contributed by atoms with Gasteiger partial charge in [0.2, 0.25) is 0 Å². The number of rotatable bonds is 5. The van der Waals surface area contributed by atoms with Crippen LogP contribution in [0.1, 0.15) is 37.9 Å². The first-order chi connectivity index (χ1) is 8.95. The van der Waals surface area contributed by atoms with Gasteiger partial charge in [-0.25, -0.2) is 4.79 Å². The van der Waals surface area contributed by atoms with Gasteiger partial charge in [0.05, 0.1) is 6.04 Å². The van der Waals surface area contributed by atoms with E-state index in [1.54, 1.807) is 0 Å². The lowest BCUT2D eigenvalue weighted by atomic mass is 10.0. The highest BCUT2D eigenvalue weighted by atomic mass is 16.3. The lowest BCUT2D eigenvalue weighted by molar-refractivity contribution is 0.199. The Morgan fingerprint density at radius 1 is 1.21 bits per heavy atom. The Balaban J connectivity index is 2.55. The zero-order valence-corrected chi connectivity index (χ0v) is 12.1. The molecule has 0 radical (unpaired) electrons. The molecule has 0 aliphatic carbocycles. The molecule has 1 aromatic carbocycles. The van der Waals surface area contributed by atoms with Gasteiger partial charge < -0.3 is 15.7 Å². The molecule has 3 unspecified atom stereocenters. The number of aliphatic hydroxyl groups is 1. The second-order valence-corrected chi connectivity index (χ2v) is 5.14. The van der Waals surface area contributed by atoms with Crippen LogP contribution in [0.5, 0.6) is 0 Å². The smallest absolute Gasteiger partial charge is 0.315 e. The maximum atomic E-state index is 11.9. The van der Waals surface area contributed by atoms with Crippen LogP contribution in [0.3, 0.4) is 0 Å². The lowest BCUT2D eigenvalue weighted by Crippen LogP contribution is -2.45. The molecule has 2 amide bonds. The standard InChI is InChI=1S/C15H24N2O2/c1-10-7-5-6-8-14(10)13(4)17-15(19)16-12(3)11(2)9-18/h5-8,11-13,18H,9H2,1-4H3,(H2,16,17,19). The highest BCUT2D eigenvalue weighted by Crippen LogP contribution is 2.16. The van der Waals surface area contributed by atoms with Crippen LogP contribution in [-0.2, 0) is 0 Å². The molecule has 0 fully saturated rings. The molecule has 0 heterocycles. The molecule has 4 heteroatoms. The number of hydrogen-bond donors (Lipinski definition) is 3. The van der Waals surface area contributed by atoms with Gasteiger partial charge in [0, 0.05) is 12.6 Å². The predicted molar refractivity (Wildman–Crippen MR) is 77.0 cm³/mol. The number of carbonyl (C=O) groups excluding carboxylic acids is 1. The van der Waals surface area contributed by atoms with Crippen molar-refractivity contribution in [1.29, 1.82) is 0 Å². The van der Waals surface area contributed by atoms with Gasteiger partial charge in [-0.3, -0.25) is 0 Å². The molecule has 0 aromatic heterocycles. The number of urea groups is 1. The average molecular weight is 264 g/mol. The molecule has 1 aromatic rings. The van der Waals surface area contributed by atoms with Gasteiger partial charge in [-0.05, 0) is 37.8 Å². The summed E-state index contributed by atoms with van der Waals surface area (Å²) in [4.78, 5) is 11.9. The fourth-order valence-electron chi connectivity index (χ4n) is 1.90. The van der Waals surface area contributed by atoms with E-state index in [1.165, 1.54) is 0 Å². The lowest BCUT2D eigenvalue weighted by Gasteiger charge is -2.22. The number of aliphatic hydroxyl groups excluding tert-OH is 1. The average Bonchev–Trinajstić information content (AvgIpc) is 2.37. The number of carbonyl (C=O) groups is 1. The number of aryl methyl sites for hydroxylation is 1. The number of benzene rings is 1. The molecule has 19 heavy (non-hydrogen) atoms. The van der Waals surface area contributed by atoms with E-state index in [4.69, 9.17) is 5.11 Å². The van der Waals surface area contributed by atoms with E-state index < -0.39 is 0 Å². The van der Waals surface area contributed by atoms with Gasteiger partial charge in [-0.15, -0.1) is 0 Å². The van der Waals surface area contributed by atoms with Crippen LogP contribution < -0.4 is 10.6 Å². The monoisotopic (exact) mass is 264 g/mol. The number of hydrogen-bond acceptors (Lipinski definition) is 2. The Morgan fingerprint density at radius 2 is 1.84 bits per heavy atom. The summed E-state index contributed by atoms with van der Waals surface area (Å²) >= 11 is 0. The van der Waals surface area contributed by atoms with Crippen molar-refractivity contribution in [1.82, 2.24) is 10.6 Å². The first-order valence-electron chi connectivity index (χ1n) is 6.69. The molecule has 0 bridgehead atoms. The summed E-state index contributed by atoms with van der Waals surface area (Å²) in [6, 6.07) is 7.68. The van der Waals surface area contributed by atoms with Crippen molar-refractivity contribution in [3.05, 3.63) is 35.4 Å². The van der Waals surface area contributed by atoms with Crippen LogP contribution in [0, 0.1) is 12.8 Å². The Hall–Kier alpha value is -1.55. The summed E-state index contributed by atoms with van der Waals surface area (Å²) in [7, 11) is 0. The summed E-state index contributed by atoms with van der Waals surface area (Å²) in [6.45, 7) is 7.84. The summed E-state index contributed by atoms with van der Waals surface area (Å²) < 4.78 is 0. The maximum Gasteiger partial charge on any atom is 0.315 e. The third kappa shape index (κ3) is 4.56. The highest BCUT2D eigenvalue weighted by Gasteiger charge is 2.16. The van der Waals surface area contributed by atoms with Crippen LogP contribution >= 0.6 is 0 Å². The van der Waals surface area contributed by atoms with E-state index in [0.29, 0.717) is 0 Å². The second-order valence-electron chi connectivity index (χ2n) is 5.14. The largest absolute Gasteiger partial charge is 0.396 e. The molecule has 3 atom stereocenters.